The Labute approximate surface area is 208 Å². The maximum absolute atomic E-state index is 13.5. The molecular weight excluding hydrogens is 473 g/mol. The zero-order valence-electron chi connectivity index (χ0n) is 20.6. The van der Waals surface area contributed by atoms with Gasteiger partial charge in [-0.15, -0.1) is 0 Å². The molecule has 1 fully saturated rings. The van der Waals surface area contributed by atoms with E-state index in [0.29, 0.717) is 31.7 Å². The zero-order valence-corrected chi connectivity index (χ0v) is 20.6. The van der Waals surface area contributed by atoms with Crippen LogP contribution in [0.1, 0.15) is 43.4 Å². The van der Waals surface area contributed by atoms with Crippen molar-refractivity contribution in [3.63, 3.8) is 0 Å². The maximum Gasteiger partial charge on any atom is 0.421 e. The Morgan fingerprint density at radius 2 is 2.08 bits per heavy atom. The molecule has 0 amide bonds. The van der Waals surface area contributed by atoms with Crippen LogP contribution < -0.4 is 16.0 Å². The average molecular weight is 507 g/mol. The number of Topliss-reactive ketones (excluding diaryl/α,β-unsaturated/α-hetero) is 1. The summed E-state index contributed by atoms with van der Waals surface area (Å²) in [6, 6.07) is 5.69. The van der Waals surface area contributed by atoms with Crippen molar-refractivity contribution in [3.8, 4) is 0 Å². The highest BCUT2D eigenvalue weighted by molar-refractivity contribution is 5.88. The first kappa shape index (κ1) is 26.3. The van der Waals surface area contributed by atoms with Gasteiger partial charge in [-0.25, -0.2) is 4.98 Å². The molecule has 1 atom stereocenters. The number of carbonyl (C=O) groups excluding carboxylic acids is 1. The number of alkyl halides is 3. The Morgan fingerprint density at radius 1 is 1.28 bits per heavy atom. The Kier molecular flexibility index (Phi) is 7.82. The van der Waals surface area contributed by atoms with Crippen molar-refractivity contribution in [2.24, 2.45) is 5.92 Å². The zero-order chi connectivity index (χ0) is 25.9. The van der Waals surface area contributed by atoms with E-state index in [9.17, 15) is 23.1 Å². The second-order valence-electron chi connectivity index (χ2n) is 10.1. The molecule has 11 heteroatoms. The highest BCUT2D eigenvalue weighted by atomic mass is 19.4. The van der Waals surface area contributed by atoms with Crippen LogP contribution in [0.15, 0.2) is 24.4 Å². The van der Waals surface area contributed by atoms with Crippen LogP contribution in [0.3, 0.4) is 0 Å². The minimum Gasteiger partial charge on any atom is -0.383 e. The SMILES string of the molecule is CC(C)(O)C(=O)CN1CCc2cc(Nc3ncc(C(F)(F)F)c(NC[C@H]4CCCNC4)n3)ccc2C1. The highest BCUT2D eigenvalue weighted by Gasteiger charge is 2.35. The minimum absolute atomic E-state index is 0.0837. The molecule has 1 aromatic heterocycles. The second-order valence-corrected chi connectivity index (χ2v) is 10.1. The fourth-order valence-corrected chi connectivity index (χ4v) is 4.47. The molecule has 4 rings (SSSR count). The molecule has 0 spiro atoms. The van der Waals surface area contributed by atoms with Gasteiger partial charge in [0.2, 0.25) is 5.95 Å². The van der Waals surface area contributed by atoms with Gasteiger partial charge in [0, 0.05) is 31.5 Å². The van der Waals surface area contributed by atoms with Gasteiger partial charge in [-0.1, -0.05) is 6.07 Å². The first-order valence-corrected chi connectivity index (χ1v) is 12.2. The summed E-state index contributed by atoms with van der Waals surface area (Å²) in [5.74, 6) is -0.130. The topological polar surface area (TPSA) is 102 Å². The number of nitrogens with zero attached hydrogens (tertiary/aromatic N) is 3. The van der Waals surface area contributed by atoms with E-state index in [1.54, 1.807) is 0 Å². The fraction of sp³-hybridized carbons (Fsp3) is 0.560. The van der Waals surface area contributed by atoms with Crippen molar-refractivity contribution in [2.45, 2.75) is 51.4 Å². The van der Waals surface area contributed by atoms with Gasteiger partial charge in [0.15, 0.2) is 5.78 Å². The molecule has 196 valence electrons. The van der Waals surface area contributed by atoms with Crippen LogP contribution >= 0.6 is 0 Å². The smallest absolute Gasteiger partial charge is 0.383 e. The summed E-state index contributed by atoms with van der Waals surface area (Å²) in [6.07, 6.45) is -1.08. The molecule has 2 aliphatic heterocycles. The van der Waals surface area contributed by atoms with E-state index in [1.165, 1.54) is 13.8 Å². The Hall–Kier alpha value is -2.76. The van der Waals surface area contributed by atoms with Gasteiger partial charge in [-0.05, 0) is 75.4 Å². The fourth-order valence-electron chi connectivity index (χ4n) is 4.47. The van der Waals surface area contributed by atoms with E-state index < -0.39 is 17.3 Å². The number of hydrogen-bond donors (Lipinski definition) is 4. The lowest BCUT2D eigenvalue weighted by Gasteiger charge is -2.30. The molecule has 0 saturated carbocycles. The van der Waals surface area contributed by atoms with Crippen LogP contribution in [-0.2, 0) is 23.9 Å². The first-order valence-electron chi connectivity index (χ1n) is 12.2. The summed E-state index contributed by atoms with van der Waals surface area (Å²) in [5, 5.41) is 19.1. The molecule has 2 aliphatic rings. The summed E-state index contributed by atoms with van der Waals surface area (Å²) in [7, 11) is 0. The third kappa shape index (κ3) is 6.71. The number of rotatable bonds is 8. The molecule has 4 N–H and O–H groups in total. The third-order valence-electron chi connectivity index (χ3n) is 6.65. The largest absolute Gasteiger partial charge is 0.421 e. The minimum atomic E-state index is -4.56. The summed E-state index contributed by atoms with van der Waals surface area (Å²) in [6.45, 7) is 6.50. The monoisotopic (exact) mass is 506 g/mol. The lowest BCUT2D eigenvalue weighted by molar-refractivity contribution is -0.137. The predicted octanol–water partition coefficient (Wildman–Crippen LogP) is 3.35. The normalized spacial score (nSPS) is 19.0. The molecule has 3 heterocycles. The molecule has 1 saturated heterocycles. The van der Waals surface area contributed by atoms with Crippen molar-refractivity contribution in [3.05, 3.63) is 41.1 Å². The standard InChI is InChI=1S/C25H33F3N6O2/c1-24(2,36)21(35)15-34-9-7-17-10-19(6-5-18(17)14-34)32-23-31-13-20(25(26,27)28)22(33-23)30-12-16-4-3-8-29-11-16/h5-6,10,13,16,29,36H,3-4,7-9,11-12,14-15H2,1-2H3,(H2,30,31,32,33)/t16-/m0/s1. The number of fused-ring (bicyclic) bond motifs is 1. The number of halogens is 3. The molecule has 0 bridgehead atoms. The van der Waals surface area contributed by atoms with E-state index >= 15 is 0 Å². The van der Waals surface area contributed by atoms with E-state index in [2.05, 4.69) is 25.9 Å². The molecule has 36 heavy (non-hydrogen) atoms. The molecule has 8 nitrogen and oxygen atoms in total. The predicted molar refractivity (Wildman–Crippen MR) is 131 cm³/mol. The van der Waals surface area contributed by atoms with E-state index in [4.69, 9.17) is 0 Å². The van der Waals surface area contributed by atoms with Crippen molar-refractivity contribution < 1.29 is 23.1 Å². The van der Waals surface area contributed by atoms with Gasteiger partial charge in [-0.3, -0.25) is 9.69 Å². The number of aliphatic hydroxyl groups is 1. The summed E-state index contributed by atoms with van der Waals surface area (Å²) >= 11 is 0. The van der Waals surface area contributed by atoms with Crippen LogP contribution in [0.4, 0.5) is 30.6 Å². The molecule has 1 aromatic carbocycles. The maximum atomic E-state index is 13.5. The summed E-state index contributed by atoms with van der Waals surface area (Å²) in [4.78, 5) is 22.2. The lowest BCUT2D eigenvalue weighted by Crippen LogP contribution is -2.42. The number of benzene rings is 1. The Morgan fingerprint density at radius 3 is 2.78 bits per heavy atom. The van der Waals surface area contributed by atoms with Gasteiger partial charge in [0.1, 0.15) is 17.0 Å². The summed E-state index contributed by atoms with van der Waals surface area (Å²) < 4.78 is 40.6. The van der Waals surface area contributed by atoms with E-state index in [-0.39, 0.29) is 30.0 Å². The van der Waals surface area contributed by atoms with Crippen LogP contribution in [-0.4, -0.2) is 64.1 Å². The second kappa shape index (κ2) is 10.7. The Bertz CT molecular complexity index is 1080. The molecule has 0 radical (unpaired) electrons. The number of carbonyl (C=O) groups is 1. The number of ketones is 1. The van der Waals surface area contributed by atoms with Crippen LogP contribution in [0, 0.1) is 5.92 Å². The van der Waals surface area contributed by atoms with Crippen LogP contribution in [0.5, 0.6) is 0 Å². The van der Waals surface area contributed by atoms with Crippen LogP contribution in [0.2, 0.25) is 0 Å². The van der Waals surface area contributed by atoms with E-state index in [1.807, 2.05) is 23.1 Å². The third-order valence-corrected chi connectivity index (χ3v) is 6.65. The first-order chi connectivity index (χ1) is 17.0. The van der Waals surface area contributed by atoms with Crippen molar-refractivity contribution >= 4 is 23.2 Å². The molecule has 2 aromatic rings. The molecule has 0 unspecified atom stereocenters. The lowest BCUT2D eigenvalue weighted by atomic mass is 9.97. The van der Waals surface area contributed by atoms with Gasteiger partial charge in [0.05, 0.1) is 6.54 Å². The average Bonchev–Trinajstić information content (AvgIpc) is 2.82. The van der Waals surface area contributed by atoms with E-state index in [0.717, 1.165) is 43.3 Å². The molecule has 0 aliphatic carbocycles. The van der Waals surface area contributed by atoms with Gasteiger partial charge in [0.25, 0.3) is 0 Å². The number of aromatic nitrogens is 2. The number of piperidine rings is 1. The number of hydrogen-bond acceptors (Lipinski definition) is 8. The van der Waals surface area contributed by atoms with Gasteiger partial charge < -0.3 is 21.1 Å². The number of anilines is 3. The number of nitrogens with one attached hydrogen (secondary N) is 3. The van der Waals surface area contributed by atoms with Crippen molar-refractivity contribution in [1.82, 2.24) is 20.2 Å². The highest BCUT2D eigenvalue weighted by Crippen LogP contribution is 2.34. The van der Waals surface area contributed by atoms with Crippen molar-refractivity contribution in [2.75, 3.05) is 43.4 Å². The molecular formula is C25H33F3N6O2. The quantitative estimate of drug-likeness (QED) is 0.433. The van der Waals surface area contributed by atoms with Gasteiger partial charge >= 0.3 is 6.18 Å². The summed E-state index contributed by atoms with van der Waals surface area (Å²) in [5.41, 5.74) is 0.575. The Balaban J connectivity index is 1.45. The van der Waals surface area contributed by atoms with Crippen LogP contribution in [0.25, 0.3) is 0 Å². The van der Waals surface area contributed by atoms with Gasteiger partial charge in [-0.2, -0.15) is 18.2 Å². The van der Waals surface area contributed by atoms with Crippen molar-refractivity contribution in [1.29, 1.82) is 0 Å².